The number of anilines is 3. The van der Waals surface area contributed by atoms with Crippen molar-refractivity contribution >= 4 is 22.7 Å². The summed E-state index contributed by atoms with van der Waals surface area (Å²) in [6.07, 6.45) is 3.74. The number of pyridine rings is 1. The molecule has 0 saturated carbocycles. The van der Waals surface area contributed by atoms with Gasteiger partial charge in [0.1, 0.15) is 11.3 Å². The summed E-state index contributed by atoms with van der Waals surface area (Å²) in [5.74, 6) is 2.29. The second-order valence-electron chi connectivity index (χ2n) is 7.69. The minimum absolute atomic E-state index is 0.669. The summed E-state index contributed by atoms with van der Waals surface area (Å²) in [6, 6.07) is 16.0. The van der Waals surface area contributed by atoms with Crippen LogP contribution in [0.4, 0.5) is 17.2 Å². The molecule has 0 amide bonds. The summed E-state index contributed by atoms with van der Waals surface area (Å²) in [7, 11) is 0. The van der Waals surface area contributed by atoms with Crippen LogP contribution in [-0.4, -0.2) is 45.9 Å². The maximum absolute atomic E-state index is 5.50. The Bertz CT molecular complexity index is 1230. The Hall–Kier alpha value is -3.91. The number of hydrogen-bond donors (Lipinski definition) is 2. The fraction of sp³-hybridized carbons (Fsp3) is 0.208. The zero-order valence-electron chi connectivity index (χ0n) is 18.0. The van der Waals surface area contributed by atoms with Crippen LogP contribution in [0.3, 0.4) is 0 Å². The molecule has 1 aliphatic heterocycles. The molecular formula is C24H25N7O. The number of aromatic nitrogens is 4. The maximum Gasteiger partial charge on any atom is 0.182 e. The SMILES string of the molecule is C=C(Nc1ccc(-c2nc(N3CCOCC3)c3cccn3n2)cc1)Nc1ccc(C)nc1. The number of nitrogens with one attached hydrogen (secondary N) is 2. The zero-order chi connectivity index (χ0) is 21.9. The van der Waals surface area contributed by atoms with E-state index in [1.807, 2.05) is 66.2 Å². The highest BCUT2D eigenvalue weighted by molar-refractivity contribution is 5.72. The van der Waals surface area contributed by atoms with E-state index in [1.165, 1.54) is 0 Å². The Morgan fingerprint density at radius 3 is 2.50 bits per heavy atom. The van der Waals surface area contributed by atoms with E-state index in [4.69, 9.17) is 14.8 Å². The highest BCUT2D eigenvalue weighted by Crippen LogP contribution is 2.25. The fourth-order valence-electron chi connectivity index (χ4n) is 3.67. The third-order valence-electron chi connectivity index (χ3n) is 5.33. The smallest absolute Gasteiger partial charge is 0.182 e. The van der Waals surface area contributed by atoms with Gasteiger partial charge in [-0.1, -0.05) is 6.58 Å². The topological polar surface area (TPSA) is 79.6 Å². The third kappa shape index (κ3) is 4.26. The quantitative estimate of drug-likeness (QED) is 0.483. The molecule has 4 aromatic rings. The van der Waals surface area contributed by atoms with E-state index >= 15 is 0 Å². The summed E-state index contributed by atoms with van der Waals surface area (Å²) in [5, 5.41) is 11.2. The molecule has 8 nitrogen and oxygen atoms in total. The van der Waals surface area contributed by atoms with E-state index in [0.29, 0.717) is 24.9 Å². The van der Waals surface area contributed by atoms with E-state index in [1.54, 1.807) is 6.20 Å². The van der Waals surface area contributed by atoms with Crippen LogP contribution in [0.2, 0.25) is 0 Å². The van der Waals surface area contributed by atoms with Gasteiger partial charge >= 0.3 is 0 Å². The standard InChI is InChI=1S/C24H25N7O/c1-17-5-8-21(16-25-17)27-18(2)26-20-9-6-19(7-10-20)23-28-24(30-12-14-32-15-13-30)22-4-3-11-31(22)29-23/h3-11,16,26-27H,2,12-15H2,1H3. The van der Waals surface area contributed by atoms with Gasteiger partial charge in [0, 0.05) is 36.2 Å². The van der Waals surface area contributed by atoms with Gasteiger partial charge in [0.2, 0.25) is 0 Å². The Morgan fingerprint density at radius 1 is 1.00 bits per heavy atom. The van der Waals surface area contributed by atoms with Crippen LogP contribution in [0.1, 0.15) is 5.69 Å². The first-order valence-electron chi connectivity index (χ1n) is 10.6. The van der Waals surface area contributed by atoms with Crippen LogP contribution in [-0.2, 0) is 4.74 Å². The molecule has 0 unspecified atom stereocenters. The predicted molar refractivity (Wildman–Crippen MR) is 127 cm³/mol. The molecule has 0 bridgehead atoms. The Kier molecular flexibility index (Phi) is 5.43. The minimum Gasteiger partial charge on any atom is -0.378 e. The minimum atomic E-state index is 0.669. The first-order chi connectivity index (χ1) is 15.7. The molecule has 5 rings (SSSR count). The van der Waals surface area contributed by atoms with Crippen LogP contribution in [0.5, 0.6) is 0 Å². The van der Waals surface area contributed by atoms with E-state index in [2.05, 4.69) is 27.1 Å². The van der Waals surface area contributed by atoms with Gasteiger partial charge in [-0.2, -0.15) is 0 Å². The number of fused-ring (bicyclic) bond motifs is 1. The lowest BCUT2D eigenvalue weighted by atomic mass is 10.2. The van der Waals surface area contributed by atoms with Gasteiger partial charge in [-0.25, -0.2) is 9.50 Å². The molecule has 1 aliphatic rings. The van der Waals surface area contributed by atoms with Crippen LogP contribution < -0.4 is 15.5 Å². The van der Waals surface area contributed by atoms with Gasteiger partial charge < -0.3 is 20.3 Å². The van der Waals surface area contributed by atoms with Gasteiger partial charge in [0.25, 0.3) is 0 Å². The summed E-state index contributed by atoms with van der Waals surface area (Å²) < 4.78 is 7.39. The molecule has 0 spiro atoms. The molecule has 8 heteroatoms. The van der Waals surface area contributed by atoms with Crippen molar-refractivity contribution in [3.63, 3.8) is 0 Å². The van der Waals surface area contributed by atoms with Crippen molar-refractivity contribution in [2.75, 3.05) is 41.8 Å². The average Bonchev–Trinajstić information content (AvgIpc) is 3.30. The Labute approximate surface area is 186 Å². The molecule has 3 aromatic heterocycles. The van der Waals surface area contributed by atoms with Gasteiger partial charge in [-0.05, 0) is 55.5 Å². The maximum atomic E-state index is 5.50. The summed E-state index contributed by atoms with van der Waals surface area (Å²) in [6.45, 7) is 9.08. The second-order valence-corrected chi connectivity index (χ2v) is 7.69. The lowest BCUT2D eigenvalue weighted by molar-refractivity contribution is 0.122. The van der Waals surface area contributed by atoms with Gasteiger partial charge in [0.15, 0.2) is 11.6 Å². The van der Waals surface area contributed by atoms with Crippen LogP contribution in [0.25, 0.3) is 16.9 Å². The monoisotopic (exact) mass is 427 g/mol. The summed E-state index contributed by atoms with van der Waals surface area (Å²) in [5.41, 5.74) is 4.72. The van der Waals surface area contributed by atoms with Crippen molar-refractivity contribution in [3.8, 4) is 11.4 Å². The molecular weight excluding hydrogens is 402 g/mol. The van der Waals surface area contributed by atoms with Gasteiger partial charge in [0.05, 0.1) is 25.1 Å². The van der Waals surface area contributed by atoms with Gasteiger partial charge in [-0.3, -0.25) is 4.98 Å². The van der Waals surface area contributed by atoms with Gasteiger partial charge in [-0.15, -0.1) is 5.10 Å². The van der Waals surface area contributed by atoms with E-state index in [0.717, 1.165) is 47.1 Å². The van der Waals surface area contributed by atoms with E-state index in [9.17, 15) is 0 Å². The summed E-state index contributed by atoms with van der Waals surface area (Å²) >= 11 is 0. The highest BCUT2D eigenvalue weighted by atomic mass is 16.5. The molecule has 2 N–H and O–H groups in total. The van der Waals surface area contributed by atoms with Crippen molar-refractivity contribution in [2.24, 2.45) is 0 Å². The third-order valence-corrected chi connectivity index (χ3v) is 5.33. The van der Waals surface area contributed by atoms with Crippen molar-refractivity contribution in [1.82, 2.24) is 19.6 Å². The van der Waals surface area contributed by atoms with E-state index < -0.39 is 0 Å². The van der Waals surface area contributed by atoms with Crippen molar-refractivity contribution in [2.45, 2.75) is 6.92 Å². The molecule has 32 heavy (non-hydrogen) atoms. The molecule has 0 aliphatic carbocycles. The average molecular weight is 428 g/mol. The molecule has 4 heterocycles. The number of rotatable bonds is 6. The van der Waals surface area contributed by atoms with Crippen LogP contribution in [0.15, 0.2) is 73.3 Å². The predicted octanol–water partition coefficient (Wildman–Crippen LogP) is 3.93. The zero-order valence-corrected chi connectivity index (χ0v) is 18.0. The highest BCUT2D eigenvalue weighted by Gasteiger charge is 2.18. The Balaban J connectivity index is 1.34. The molecule has 0 radical (unpaired) electrons. The molecule has 1 aromatic carbocycles. The van der Waals surface area contributed by atoms with Crippen LogP contribution >= 0.6 is 0 Å². The number of benzene rings is 1. The van der Waals surface area contributed by atoms with Crippen LogP contribution in [0, 0.1) is 6.92 Å². The number of morpholine rings is 1. The normalized spacial score (nSPS) is 13.8. The Morgan fingerprint density at radius 2 is 1.75 bits per heavy atom. The second kappa shape index (κ2) is 8.68. The first-order valence-corrected chi connectivity index (χ1v) is 10.6. The lowest BCUT2D eigenvalue weighted by Gasteiger charge is -2.28. The molecule has 1 fully saturated rings. The number of ether oxygens (including phenoxy) is 1. The van der Waals surface area contributed by atoms with Crippen molar-refractivity contribution < 1.29 is 4.74 Å². The van der Waals surface area contributed by atoms with Crippen molar-refractivity contribution in [3.05, 3.63) is 79.0 Å². The van der Waals surface area contributed by atoms with E-state index in [-0.39, 0.29) is 0 Å². The number of nitrogens with zero attached hydrogens (tertiary/aromatic N) is 5. The first kappa shape index (κ1) is 20.0. The fourth-order valence-corrected chi connectivity index (χ4v) is 3.67. The summed E-state index contributed by atoms with van der Waals surface area (Å²) in [4.78, 5) is 11.4. The number of aryl methyl sites for hydroxylation is 1. The molecule has 162 valence electrons. The number of hydrogen-bond acceptors (Lipinski definition) is 7. The van der Waals surface area contributed by atoms with Crippen molar-refractivity contribution in [1.29, 1.82) is 0 Å². The molecule has 1 saturated heterocycles. The molecule has 0 atom stereocenters. The largest absolute Gasteiger partial charge is 0.378 e. The lowest BCUT2D eigenvalue weighted by Crippen LogP contribution is -2.37.